The van der Waals surface area contributed by atoms with Crippen molar-refractivity contribution in [1.82, 2.24) is 18.4 Å². The first-order chi connectivity index (χ1) is 12.4. The van der Waals surface area contributed by atoms with Crippen LogP contribution >= 0.6 is 0 Å². The van der Waals surface area contributed by atoms with Crippen molar-refractivity contribution in [1.29, 1.82) is 5.26 Å². The first kappa shape index (κ1) is 18.8. The van der Waals surface area contributed by atoms with Gasteiger partial charge in [-0.15, -0.1) is 0 Å². The van der Waals surface area contributed by atoms with Gasteiger partial charge in [-0.05, 0) is 25.2 Å². The van der Waals surface area contributed by atoms with E-state index in [4.69, 9.17) is 5.26 Å². The van der Waals surface area contributed by atoms with Crippen LogP contribution in [0.15, 0.2) is 24.3 Å². The number of amides is 1. The molecule has 0 N–H and O–H groups in total. The van der Waals surface area contributed by atoms with Gasteiger partial charge >= 0.3 is 0 Å². The molecule has 2 saturated heterocycles. The third kappa shape index (κ3) is 3.88. The van der Waals surface area contributed by atoms with Crippen LogP contribution in [0.1, 0.15) is 15.9 Å². The lowest BCUT2D eigenvalue weighted by Gasteiger charge is -2.39. The molecule has 0 bridgehead atoms. The van der Waals surface area contributed by atoms with E-state index in [1.165, 1.54) is 8.61 Å². The zero-order chi connectivity index (χ0) is 18.7. The minimum absolute atomic E-state index is 0.168. The van der Waals surface area contributed by atoms with Crippen molar-refractivity contribution in [3.63, 3.8) is 0 Å². The van der Waals surface area contributed by atoms with Crippen molar-refractivity contribution >= 4 is 16.1 Å². The molecule has 2 heterocycles. The summed E-state index contributed by atoms with van der Waals surface area (Å²) < 4.78 is 28.5. The average Bonchev–Trinajstić information content (AvgIpc) is 2.68. The van der Waals surface area contributed by atoms with E-state index in [-0.39, 0.29) is 5.91 Å². The van der Waals surface area contributed by atoms with Crippen LogP contribution in [0.25, 0.3) is 0 Å². The van der Waals surface area contributed by atoms with Crippen LogP contribution in [-0.4, -0.2) is 92.1 Å². The molecule has 1 amide bonds. The van der Waals surface area contributed by atoms with Crippen LogP contribution < -0.4 is 0 Å². The van der Waals surface area contributed by atoms with Gasteiger partial charge in [0.05, 0.1) is 11.6 Å². The molecule has 0 saturated carbocycles. The second-order valence-electron chi connectivity index (χ2n) is 6.59. The summed E-state index contributed by atoms with van der Waals surface area (Å²) in [6.07, 6.45) is 0. The fraction of sp³-hybridized carbons (Fsp3) is 0.529. The lowest BCUT2D eigenvalue weighted by Crippen LogP contribution is -2.57. The number of likely N-dealkylation sites (N-methyl/N-ethyl adjacent to an activating group) is 1. The Hall–Kier alpha value is -1.99. The largest absolute Gasteiger partial charge is 0.336 e. The number of nitriles is 1. The van der Waals surface area contributed by atoms with Crippen LogP contribution in [0.5, 0.6) is 0 Å². The predicted octanol–water partition coefficient (Wildman–Crippen LogP) is -0.192. The summed E-state index contributed by atoms with van der Waals surface area (Å²) in [4.78, 5) is 16.3. The molecule has 3 rings (SSSR count). The first-order valence-corrected chi connectivity index (χ1v) is 10.0. The van der Waals surface area contributed by atoms with E-state index in [2.05, 4.69) is 4.90 Å². The molecule has 140 valence electrons. The van der Waals surface area contributed by atoms with Crippen LogP contribution in [0, 0.1) is 11.3 Å². The van der Waals surface area contributed by atoms with E-state index in [0.717, 1.165) is 13.1 Å². The minimum atomic E-state index is -3.47. The van der Waals surface area contributed by atoms with Gasteiger partial charge in [-0.25, -0.2) is 0 Å². The lowest BCUT2D eigenvalue weighted by atomic mass is 10.1. The van der Waals surface area contributed by atoms with Crippen molar-refractivity contribution < 1.29 is 13.2 Å². The van der Waals surface area contributed by atoms with Gasteiger partial charge in [-0.1, -0.05) is 6.07 Å². The molecule has 0 atom stereocenters. The summed E-state index contributed by atoms with van der Waals surface area (Å²) in [6.45, 7) is 3.74. The van der Waals surface area contributed by atoms with E-state index in [1.807, 2.05) is 13.1 Å². The number of hydrogen-bond donors (Lipinski definition) is 0. The van der Waals surface area contributed by atoms with Gasteiger partial charge in [0, 0.05) is 57.9 Å². The molecule has 2 fully saturated rings. The zero-order valence-electron chi connectivity index (χ0n) is 14.8. The Bertz CT molecular complexity index is 804. The molecule has 0 radical (unpaired) electrons. The normalized spacial score (nSPS) is 20.7. The number of nitrogens with zero attached hydrogens (tertiary/aromatic N) is 5. The van der Waals surface area contributed by atoms with Gasteiger partial charge in [0.1, 0.15) is 0 Å². The molecule has 2 aliphatic heterocycles. The van der Waals surface area contributed by atoms with Gasteiger partial charge < -0.3 is 9.80 Å². The molecule has 9 heteroatoms. The monoisotopic (exact) mass is 377 g/mol. The summed E-state index contributed by atoms with van der Waals surface area (Å²) in [5.74, 6) is -0.168. The highest BCUT2D eigenvalue weighted by molar-refractivity contribution is 7.86. The predicted molar refractivity (Wildman–Crippen MR) is 96.6 cm³/mol. The topological polar surface area (TPSA) is 88.0 Å². The van der Waals surface area contributed by atoms with Crippen LogP contribution in [0.2, 0.25) is 0 Å². The molecular formula is C17H23N5O3S. The maximum Gasteiger partial charge on any atom is 0.282 e. The Morgan fingerprint density at radius 3 is 2.15 bits per heavy atom. The Labute approximate surface area is 154 Å². The fourth-order valence-corrected chi connectivity index (χ4v) is 4.78. The SMILES string of the molecule is CN1CCN(S(=O)(=O)N2CCN(C(=O)c3cccc(C#N)c3)CC2)CC1. The highest BCUT2D eigenvalue weighted by Gasteiger charge is 2.34. The highest BCUT2D eigenvalue weighted by Crippen LogP contribution is 2.16. The van der Waals surface area contributed by atoms with Gasteiger partial charge in [-0.2, -0.15) is 22.3 Å². The molecule has 26 heavy (non-hydrogen) atoms. The van der Waals surface area contributed by atoms with E-state index >= 15 is 0 Å². The third-order valence-electron chi connectivity index (χ3n) is 4.88. The van der Waals surface area contributed by atoms with Crippen LogP contribution in [0.3, 0.4) is 0 Å². The van der Waals surface area contributed by atoms with Gasteiger partial charge in [0.15, 0.2) is 0 Å². The summed E-state index contributed by atoms with van der Waals surface area (Å²) in [5.41, 5.74) is 0.895. The van der Waals surface area contributed by atoms with E-state index in [1.54, 1.807) is 29.2 Å². The molecule has 8 nitrogen and oxygen atoms in total. The van der Waals surface area contributed by atoms with Crippen LogP contribution in [-0.2, 0) is 10.2 Å². The molecule has 2 aliphatic rings. The van der Waals surface area contributed by atoms with E-state index < -0.39 is 10.2 Å². The number of rotatable bonds is 3. The molecule has 0 unspecified atom stereocenters. The number of hydrogen-bond acceptors (Lipinski definition) is 5. The number of piperazine rings is 2. The van der Waals surface area contributed by atoms with Gasteiger partial charge in [0.2, 0.25) is 0 Å². The van der Waals surface area contributed by atoms with Crippen molar-refractivity contribution in [2.75, 3.05) is 59.4 Å². The summed E-state index contributed by atoms with van der Waals surface area (Å²) in [7, 11) is -1.49. The van der Waals surface area contributed by atoms with Crippen LogP contribution in [0.4, 0.5) is 0 Å². The Kier molecular flexibility index (Phi) is 5.58. The smallest absolute Gasteiger partial charge is 0.282 e. The van der Waals surface area contributed by atoms with E-state index in [9.17, 15) is 13.2 Å². The average molecular weight is 377 g/mol. The Morgan fingerprint density at radius 2 is 1.58 bits per heavy atom. The summed E-state index contributed by atoms with van der Waals surface area (Å²) in [5, 5.41) is 8.96. The lowest BCUT2D eigenvalue weighted by molar-refractivity contribution is 0.0692. The number of benzene rings is 1. The quantitative estimate of drug-likeness (QED) is 0.728. The zero-order valence-corrected chi connectivity index (χ0v) is 15.7. The first-order valence-electron chi connectivity index (χ1n) is 8.65. The van der Waals surface area contributed by atoms with Crippen molar-refractivity contribution in [3.05, 3.63) is 35.4 Å². The van der Waals surface area contributed by atoms with Crippen molar-refractivity contribution in [3.8, 4) is 6.07 Å². The van der Waals surface area contributed by atoms with Gasteiger partial charge in [0.25, 0.3) is 16.1 Å². The second-order valence-corrected chi connectivity index (χ2v) is 8.52. The number of carbonyl (C=O) groups is 1. The summed E-state index contributed by atoms with van der Waals surface area (Å²) in [6, 6.07) is 8.60. The van der Waals surface area contributed by atoms with E-state index in [0.29, 0.717) is 50.4 Å². The molecule has 0 aliphatic carbocycles. The Morgan fingerprint density at radius 1 is 1.00 bits per heavy atom. The third-order valence-corrected chi connectivity index (χ3v) is 6.91. The number of carbonyl (C=O) groups excluding carboxylic acids is 1. The fourth-order valence-electron chi connectivity index (χ4n) is 3.21. The molecule has 0 spiro atoms. The van der Waals surface area contributed by atoms with Gasteiger partial charge in [-0.3, -0.25) is 4.79 Å². The highest BCUT2D eigenvalue weighted by atomic mass is 32.2. The molecule has 1 aromatic carbocycles. The second kappa shape index (κ2) is 7.72. The molecular weight excluding hydrogens is 354 g/mol. The summed E-state index contributed by atoms with van der Waals surface area (Å²) >= 11 is 0. The molecule has 0 aromatic heterocycles. The maximum atomic E-state index is 12.8. The van der Waals surface area contributed by atoms with Crippen molar-refractivity contribution in [2.24, 2.45) is 0 Å². The standard InChI is InChI=1S/C17H23N5O3S/c1-19-5-9-21(10-6-19)26(24,25)22-11-7-20(8-12-22)17(23)16-4-2-3-15(13-16)14-18/h2-4,13H,5-12H2,1H3. The minimum Gasteiger partial charge on any atom is -0.336 e. The Balaban J connectivity index is 1.61. The maximum absolute atomic E-state index is 12.8. The molecule has 1 aromatic rings. The van der Waals surface area contributed by atoms with Crippen molar-refractivity contribution in [2.45, 2.75) is 0 Å².